The number of aryl methyl sites for hydroxylation is 1. The minimum Gasteiger partial charge on any atom is -0.481 e. The van der Waals surface area contributed by atoms with Crippen molar-refractivity contribution in [1.29, 1.82) is 0 Å². The maximum absolute atomic E-state index is 12.6. The van der Waals surface area contributed by atoms with Gasteiger partial charge in [-0.3, -0.25) is 9.69 Å². The van der Waals surface area contributed by atoms with Crippen LogP contribution in [0.4, 0.5) is 10.5 Å². The second-order valence-electron chi connectivity index (χ2n) is 5.78. The summed E-state index contributed by atoms with van der Waals surface area (Å²) in [7, 11) is 1.75. The third-order valence-electron chi connectivity index (χ3n) is 4.18. The van der Waals surface area contributed by atoms with Gasteiger partial charge < -0.3 is 10.0 Å². The predicted octanol–water partition coefficient (Wildman–Crippen LogP) is 2.74. The van der Waals surface area contributed by atoms with E-state index < -0.39 is 5.97 Å². The van der Waals surface area contributed by atoms with Crippen LogP contribution < -0.4 is 4.90 Å². The fourth-order valence-electron chi connectivity index (χ4n) is 2.75. The summed E-state index contributed by atoms with van der Waals surface area (Å²) in [6, 6.07) is 7.65. The Kier molecular flexibility index (Phi) is 4.50. The van der Waals surface area contributed by atoms with Crippen LogP contribution in [-0.2, 0) is 4.79 Å². The molecule has 0 spiro atoms. The lowest BCUT2D eigenvalue weighted by atomic mass is 9.92. The molecule has 2 unspecified atom stereocenters. The number of amides is 2. The lowest BCUT2D eigenvalue weighted by Crippen LogP contribution is -2.50. The van der Waals surface area contributed by atoms with Gasteiger partial charge in [-0.25, -0.2) is 4.79 Å². The van der Waals surface area contributed by atoms with E-state index in [-0.39, 0.29) is 18.0 Å². The van der Waals surface area contributed by atoms with Crippen molar-refractivity contribution in [3.05, 3.63) is 29.8 Å². The van der Waals surface area contributed by atoms with Crippen molar-refractivity contribution in [2.24, 2.45) is 5.92 Å². The Balaban J connectivity index is 2.06. The molecular formula is C16H22N2O3. The van der Waals surface area contributed by atoms with E-state index in [1.54, 1.807) is 16.8 Å². The number of aliphatic carboxylic acids is 1. The van der Waals surface area contributed by atoms with E-state index in [4.69, 9.17) is 5.11 Å². The van der Waals surface area contributed by atoms with Crippen LogP contribution in [0.3, 0.4) is 0 Å². The van der Waals surface area contributed by atoms with Crippen molar-refractivity contribution < 1.29 is 14.7 Å². The molecule has 1 aromatic rings. The van der Waals surface area contributed by atoms with Gasteiger partial charge in [-0.05, 0) is 38.8 Å². The molecule has 1 aliphatic rings. The van der Waals surface area contributed by atoms with E-state index in [0.29, 0.717) is 19.4 Å². The Morgan fingerprint density at radius 3 is 2.43 bits per heavy atom. The number of hydrogen-bond acceptors (Lipinski definition) is 2. The molecule has 2 rings (SSSR count). The van der Waals surface area contributed by atoms with Crippen molar-refractivity contribution in [2.45, 2.75) is 32.7 Å². The van der Waals surface area contributed by atoms with E-state index >= 15 is 0 Å². The van der Waals surface area contributed by atoms with E-state index in [9.17, 15) is 9.59 Å². The minimum atomic E-state index is -0.763. The van der Waals surface area contributed by atoms with Gasteiger partial charge in [-0.2, -0.15) is 0 Å². The van der Waals surface area contributed by atoms with Gasteiger partial charge in [0.15, 0.2) is 0 Å². The fraction of sp³-hybridized carbons (Fsp3) is 0.500. The molecule has 0 aromatic heterocycles. The molecular weight excluding hydrogens is 268 g/mol. The molecule has 2 atom stereocenters. The van der Waals surface area contributed by atoms with Gasteiger partial charge in [0, 0.05) is 25.3 Å². The Hall–Kier alpha value is -2.04. The summed E-state index contributed by atoms with van der Waals surface area (Å²) >= 11 is 0. The Morgan fingerprint density at radius 2 is 1.90 bits per heavy atom. The molecule has 5 nitrogen and oxygen atoms in total. The first-order chi connectivity index (χ1) is 9.90. The second kappa shape index (κ2) is 6.16. The second-order valence-corrected chi connectivity index (χ2v) is 5.78. The number of nitrogens with zero attached hydrogens (tertiary/aromatic N) is 2. The molecule has 1 heterocycles. The molecule has 1 fully saturated rings. The van der Waals surface area contributed by atoms with Gasteiger partial charge in [0.1, 0.15) is 0 Å². The molecule has 1 N–H and O–H groups in total. The van der Waals surface area contributed by atoms with Crippen molar-refractivity contribution in [2.75, 3.05) is 18.5 Å². The van der Waals surface area contributed by atoms with Gasteiger partial charge in [0.2, 0.25) is 0 Å². The highest BCUT2D eigenvalue weighted by atomic mass is 16.4. The first-order valence-corrected chi connectivity index (χ1v) is 7.24. The van der Waals surface area contributed by atoms with Gasteiger partial charge in [-0.1, -0.05) is 17.7 Å². The minimum absolute atomic E-state index is 0.0553. The largest absolute Gasteiger partial charge is 0.481 e. The highest BCUT2D eigenvalue weighted by molar-refractivity contribution is 5.91. The zero-order valence-electron chi connectivity index (χ0n) is 12.7. The number of anilines is 1. The van der Waals surface area contributed by atoms with Crippen LogP contribution in [0.25, 0.3) is 0 Å². The maximum Gasteiger partial charge on any atom is 0.324 e. The normalized spacial score (nSPS) is 22.0. The summed E-state index contributed by atoms with van der Waals surface area (Å²) in [6.07, 6.45) is 1.04. The number of carboxylic acid groups (broad SMARTS) is 1. The molecule has 21 heavy (non-hydrogen) atoms. The number of carbonyl (C=O) groups excluding carboxylic acids is 1. The first kappa shape index (κ1) is 15.4. The SMILES string of the molecule is Cc1ccc(N(C)C(=O)N2CCC(C(=O)O)CC2C)cc1. The first-order valence-electron chi connectivity index (χ1n) is 7.24. The van der Waals surface area contributed by atoms with Crippen LogP contribution in [0.1, 0.15) is 25.3 Å². The molecule has 0 saturated carbocycles. The molecule has 0 bridgehead atoms. The summed E-state index contributed by atoms with van der Waals surface area (Å²) in [5.74, 6) is -1.10. The quantitative estimate of drug-likeness (QED) is 0.911. The molecule has 0 aliphatic carbocycles. The summed E-state index contributed by atoms with van der Waals surface area (Å²) in [5.41, 5.74) is 1.99. The zero-order valence-corrected chi connectivity index (χ0v) is 12.7. The van der Waals surface area contributed by atoms with Crippen LogP contribution in [-0.4, -0.2) is 41.6 Å². The van der Waals surface area contributed by atoms with Crippen LogP contribution >= 0.6 is 0 Å². The third kappa shape index (κ3) is 3.35. The zero-order chi connectivity index (χ0) is 15.6. The highest BCUT2D eigenvalue weighted by Gasteiger charge is 2.33. The standard InChI is InChI=1S/C16H22N2O3/c1-11-4-6-14(7-5-11)17(3)16(21)18-9-8-13(15(19)20)10-12(18)2/h4-7,12-13H,8-10H2,1-3H3,(H,19,20). The summed E-state index contributed by atoms with van der Waals surface area (Å²) < 4.78 is 0. The monoisotopic (exact) mass is 290 g/mol. The number of likely N-dealkylation sites (tertiary alicyclic amines) is 1. The number of urea groups is 1. The van der Waals surface area contributed by atoms with Crippen molar-refractivity contribution in [3.8, 4) is 0 Å². The van der Waals surface area contributed by atoms with Gasteiger partial charge in [-0.15, -0.1) is 0 Å². The van der Waals surface area contributed by atoms with Crippen LogP contribution in [0.15, 0.2) is 24.3 Å². The maximum atomic E-state index is 12.6. The predicted molar refractivity (Wildman–Crippen MR) is 81.5 cm³/mol. The number of carbonyl (C=O) groups is 2. The molecule has 1 saturated heterocycles. The van der Waals surface area contributed by atoms with E-state index in [0.717, 1.165) is 11.3 Å². The molecule has 0 radical (unpaired) electrons. The van der Waals surface area contributed by atoms with Crippen molar-refractivity contribution in [3.63, 3.8) is 0 Å². The van der Waals surface area contributed by atoms with E-state index in [2.05, 4.69) is 0 Å². The van der Waals surface area contributed by atoms with Gasteiger partial charge in [0.05, 0.1) is 5.92 Å². The summed E-state index contributed by atoms with van der Waals surface area (Å²) in [4.78, 5) is 27.0. The number of hydrogen-bond donors (Lipinski definition) is 1. The van der Waals surface area contributed by atoms with E-state index in [1.807, 2.05) is 38.1 Å². The van der Waals surface area contributed by atoms with Gasteiger partial charge >= 0.3 is 12.0 Å². The Bertz CT molecular complexity index is 527. The average molecular weight is 290 g/mol. The number of piperidine rings is 1. The lowest BCUT2D eigenvalue weighted by Gasteiger charge is -2.38. The molecule has 114 valence electrons. The molecule has 1 aliphatic heterocycles. The van der Waals surface area contributed by atoms with Crippen molar-refractivity contribution >= 4 is 17.7 Å². The van der Waals surface area contributed by atoms with Crippen LogP contribution in [0.2, 0.25) is 0 Å². The Labute approximate surface area is 125 Å². The van der Waals surface area contributed by atoms with Gasteiger partial charge in [0.25, 0.3) is 0 Å². The fourth-order valence-corrected chi connectivity index (χ4v) is 2.75. The van der Waals surface area contributed by atoms with Crippen LogP contribution in [0.5, 0.6) is 0 Å². The topological polar surface area (TPSA) is 60.9 Å². The highest BCUT2D eigenvalue weighted by Crippen LogP contribution is 2.25. The molecule has 1 aromatic carbocycles. The third-order valence-corrected chi connectivity index (χ3v) is 4.18. The van der Waals surface area contributed by atoms with Crippen LogP contribution in [0, 0.1) is 12.8 Å². The molecule has 5 heteroatoms. The summed E-state index contributed by atoms with van der Waals surface area (Å²) in [5, 5.41) is 9.08. The summed E-state index contributed by atoms with van der Waals surface area (Å²) in [6.45, 7) is 4.41. The Morgan fingerprint density at radius 1 is 1.29 bits per heavy atom. The number of benzene rings is 1. The van der Waals surface area contributed by atoms with E-state index in [1.165, 1.54) is 0 Å². The average Bonchev–Trinajstić information content (AvgIpc) is 2.46. The lowest BCUT2D eigenvalue weighted by molar-refractivity contribution is -0.143. The number of rotatable bonds is 2. The van der Waals surface area contributed by atoms with Crippen molar-refractivity contribution in [1.82, 2.24) is 4.90 Å². The smallest absolute Gasteiger partial charge is 0.324 e. The number of carboxylic acids is 1. The molecule has 2 amide bonds.